The zero-order chi connectivity index (χ0) is 15.9. The van der Waals surface area contributed by atoms with Gasteiger partial charge in [-0.2, -0.15) is 0 Å². The van der Waals surface area contributed by atoms with Crippen LogP contribution in [-0.2, 0) is 16.0 Å². The molecule has 1 aliphatic heterocycles. The van der Waals surface area contributed by atoms with E-state index in [0.717, 1.165) is 32.4 Å². The SMILES string of the molecule is CCc1ccc(C(=O)CCC(=O)N2CCC(OC)CC2)cc1. The maximum atomic E-state index is 12.2. The number of piperidine rings is 1. The van der Waals surface area contributed by atoms with E-state index in [1.54, 1.807) is 7.11 Å². The topological polar surface area (TPSA) is 46.6 Å². The van der Waals surface area contributed by atoms with Gasteiger partial charge in [-0.15, -0.1) is 0 Å². The molecule has 1 aromatic carbocycles. The smallest absolute Gasteiger partial charge is 0.223 e. The van der Waals surface area contributed by atoms with Crippen LogP contribution in [0.3, 0.4) is 0 Å². The van der Waals surface area contributed by atoms with E-state index in [-0.39, 0.29) is 24.2 Å². The van der Waals surface area contributed by atoms with Crippen LogP contribution in [-0.4, -0.2) is 42.9 Å². The Kier molecular flexibility index (Phi) is 6.13. The zero-order valence-corrected chi connectivity index (χ0v) is 13.5. The van der Waals surface area contributed by atoms with Crippen molar-refractivity contribution in [1.29, 1.82) is 0 Å². The van der Waals surface area contributed by atoms with Crippen molar-refractivity contribution in [3.63, 3.8) is 0 Å². The normalized spacial score (nSPS) is 15.8. The lowest BCUT2D eigenvalue weighted by atomic mass is 10.0. The third-order valence-corrected chi connectivity index (χ3v) is 4.38. The maximum Gasteiger partial charge on any atom is 0.223 e. The molecule has 1 saturated heterocycles. The number of hydrogen-bond donors (Lipinski definition) is 0. The van der Waals surface area contributed by atoms with Crippen molar-refractivity contribution in [2.75, 3.05) is 20.2 Å². The Balaban J connectivity index is 1.79. The summed E-state index contributed by atoms with van der Waals surface area (Å²) in [5.74, 6) is 0.121. The number of aryl methyl sites for hydroxylation is 1. The number of methoxy groups -OCH3 is 1. The Hall–Kier alpha value is -1.68. The Morgan fingerprint density at radius 2 is 1.77 bits per heavy atom. The molecule has 2 rings (SSSR count). The number of Topliss-reactive ketones (excluding diaryl/α,β-unsaturated/α-hetero) is 1. The van der Waals surface area contributed by atoms with Crippen molar-refractivity contribution in [2.24, 2.45) is 0 Å². The highest BCUT2D eigenvalue weighted by atomic mass is 16.5. The second-order valence-corrected chi connectivity index (χ2v) is 5.79. The van der Waals surface area contributed by atoms with Crippen LogP contribution < -0.4 is 0 Å². The Morgan fingerprint density at radius 1 is 1.14 bits per heavy atom. The standard InChI is InChI=1S/C18H25NO3/c1-3-14-4-6-15(7-5-14)17(20)8-9-18(21)19-12-10-16(22-2)11-13-19/h4-7,16H,3,8-13H2,1-2H3. The van der Waals surface area contributed by atoms with Gasteiger partial charge in [0, 0.05) is 38.6 Å². The highest BCUT2D eigenvalue weighted by molar-refractivity contribution is 5.97. The van der Waals surface area contributed by atoms with Crippen molar-refractivity contribution >= 4 is 11.7 Å². The van der Waals surface area contributed by atoms with Crippen molar-refractivity contribution in [1.82, 2.24) is 4.90 Å². The molecule has 1 fully saturated rings. The predicted molar refractivity (Wildman–Crippen MR) is 86.0 cm³/mol. The number of benzene rings is 1. The van der Waals surface area contributed by atoms with Gasteiger partial charge >= 0.3 is 0 Å². The number of hydrogen-bond acceptors (Lipinski definition) is 3. The summed E-state index contributed by atoms with van der Waals surface area (Å²) in [5.41, 5.74) is 1.91. The van der Waals surface area contributed by atoms with E-state index < -0.39 is 0 Å². The molecule has 0 N–H and O–H groups in total. The molecule has 0 aliphatic carbocycles. The highest BCUT2D eigenvalue weighted by Gasteiger charge is 2.22. The lowest BCUT2D eigenvalue weighted by molar-refractivity contribution is -0.133. The summed E-state index contributed by atoms with van der Waals surface area (Å²) in [6.45, 7) is 3.55. The molecule has 1 heterocycles. The van der Waals surface area contributed by atoms with Gasteiger partial charge in [-0.3, -0.25) is 9.59 Å². The van der Waals surface area contributed by atoms with Gasteiger partial charge in [0.05, 0.1) is 6.10 Å². The summed E-state index contributed by atoms with van der Waals surface area (Å²) in [6, 6.07) is 7.67. The lowest BCUT2D eigenvalue weighted by Gasteiger charge is -2.31. The fourth-order valence-corrected chi connectivity index (χ4v) is 2.79. The van der Waals surface area contributed by atoms with E-state index in [1.165, 1.54) is 5.56 Å². The van der Waals surface area contributed by atoms with Crippen LogP contribution in [0.25, 0.3) is 0 Å². The number of likely N-dealkylation sites (tertiary alicyclic amines) is 1. The van der Waals surface area contributed by atoms with Crippen LogP contribution in [0, 0.1) is 0 Å². The third kappa shape index (κ3) is 4.41. The molecule has 1 amide bonds. The molecule has 1 aromatic rings. The molecule has 1 aliphatic rings. The summed E-state index contributed by atoms with van der Waals surface area (Å²) in [4.78, 5) is 26.2. The molecular formula is C18H25NO3. The third-order valence-electron chi connectivity index (χ3n) is 4.38. The average molecular weight is 303 g/mol. The molecule has 4 nitrogen and oxygen atoms in total. The van der Waals surface area contributed by atoms with Gasteiger partial charge in [0.15, 0.2) is 5.78 Å². The van der Waals surface area contributed by atoms with Crippen LogP contribution in [0.1, 0.15) is 48.5 Å². The first kappa shape index (κ1) is 16.7. The number of ether oxygens (including phenoxy) is 1. The van der Waals surface area contributed by atoms with Gasteiger partial charge in [0.25, 0.3) is 0 Å². The minimum absolute atomic E-state index is 0.0442. The maximum absolute atomic E-state index is 12.2. The summed E-state index contributed by atoms with van der Waals surface area (Å²) in [6.07, 6.45) is 3.58. The minimum atomic E-state index is 0.0442. The summed E-state index contributed by atoms with van der Waals surface area (Å²) in [7, 11) is 1.71. The monoisotopic (exact) mass is 303 g/mol. The van der Waals surface area contributed by atoms with E-state index in [9.17, 15) is 9.59 Å². The molecule has 0 spiro atoms. The lowest BCUT2D eigenvalue weighted by Crippen LogP contribution is -2.40. The number of rotatable bonds is 6. The van der Waals surface area contributed by atoms with Crippen LogP contribution in [0.2, 0.25) is 0 Å². The molecule has 0 bridgehead atoms. The summed E-state index contributed by atoms with van der Waals surface area (Å²) in [5, 5.41) is 0. The molecule has 0 atom stereocenters. The van der Waals surface area contributed by atoms with Gasteiger partial charge in [0.1, 0.15) is 0 Å². The number of nitrogens with zero attached hydrogens (tertiary/aromatic N) is 1. The molecule has 4 heteroatoms. The predicted octanol–water partition coefficient (Wildman–Crippen LogP) is 2.85. The quantitative estimate of drug-likeness (QED) is 0.759. The molecule has 22 heavy (non-hydrogen) atoms. The second kappa shape index (κ2) is 8.08. The van der Waals surface area contributed by atoms with Crippen LogP contribution >= 0.6 is 0 Å². The highest BCUT2D eigenvalue weighted by Crippen LogP contribution is 2.15. The largest absolute Gasteiger partial charge is 0.381 e. The fourth-order valence-electron chi connectivity index (χ4n) is 2.79. The first-order valence-corrected chi connectivity index (χ1v) is 8.06. The van der Waals surface area contributed by atoms with Gasteiger partial charge in [-0.25, -0.2) is 0 Å². The van der Waals surface area contributed by atoms with Gasteiger partial charge in [-0.1, -0.05) is 31.2 Å². The van der Waals surface area contributed by atoms with Crippen LogP contribution in [0.4, 0.5) is 0 Å². The van der Waals surface area contributed by atoms with Crippen molar-refractivity contribution in [2.45, 2.75) is 45.1 Å². The van der Waals surface area contributed by atoms with Crippen LogP contribution in [0.5, 0.6) is 0 Å². The number of amides is 1. The molecule has 120 valence electrons. The van der Waals surface area contributed by atoms with Gasteiger partial charge < -0.3 is 9.64 Å². The Labute approximate surface area is 132 Å². The van der Waals surface area contributed by atoms with E-state index in [0.29, 0.717) is 12.0 Å². The number of carbonyl (C=O) groups is 2. The Bertz CT molecular complexity index is 502. The fraction of sp³-hybridized carbons (Fsp3) is 0.556. The van der Waals surface area contributed by atoms with Crippen LogP contribution in [0.15, 0.2) is 24.3 Å². The van der Waals surface area contributed by atoms with Crippen molar-refractivity contribution in [3.8, 4) is 0 Å². The molecule has 0 unspecified atom stereocenters. The molecule has 0 aromatic heterocycles. The van der Waals surface area contributed by atoms with Gasteiger partial charge in [0.2, 0.25) is 5.91 Å². The molecular weight excluding hydrogens is 278 g/mol. The first-order valence-electron chi connectivity index (χ1n) is 8.06. The Morgan fingerprint density at radius 3 is 2.32 bits per heavy atom. The summed E-state index contributed by atoms with van der Waals surface area (Å²) >= 11 is 0. The van der Waals surface area contributed by atoms with E-state index in [2.05, 4.69) is 6.92 Å². The first-order chi connectivity index (χ1) is 10.6. The van der Waals surface area contributed by atoms with E-state index in [4.69, 9.17) is 4.74 Å². The van der Waals surface area contributed by atoms with Crippen molar-refractivity contribution in [3.05, 3.63) is 35.4 Å². The number of ketones is 1. The second-order valence-electron chi connectivity index (χ2n) is 5.79. The minimum Gasteiger partial charge on any atom is -0.381 e. The van der Waals surface area contributed by atoms with Gasteiger partial charge in [-0.05, 0) is 24.8 Å². The zero-order valence-electron chi connectivity index (χ0n) is 13.5. The van der Waals surface area contributed by atoms with Crippen molar-refractivity contribution < 1.29 is 14.3 Å². The van der Waals surface area contributed by atoms with E-state index in [1.807, 2.05) is 29.2 Å². The molecule has 0 saturated carbocycles. The summed E-state index contributed by atoms with van der Waals surface area (Å²) < 4.78 is 5.30. The average Bonchev–Trinajstić information content (AvgIpc) is 2.59. The molecule has 0 radical (unpaired) electrons. The van der Waals surface area contributed by atoms with E-state index >= 15 is 0 Å². The number of carbonyl (C=O) groups excluding carboxylic acids is 2.